The molecule has 0 saturated carbocycles. The Labute approximate surface area is 162 Å². The molecule has 1 aliphatic heterocycles. The maximum Gasteiger partial charge on any atom is 0.240 e. The lowest BCUT2D eigenvalue weighted by atomic mass is 9.48. The molecule has 0 radical (unpaired) electrons. The van der Waals surface area contributed by atoms with E-state index in [1.807, 2.05) is 30.3 Å². The molecule has 3 aromatic rings. The molecule has 2 unspecified atom stereocenters. The van der Waals surface area contributed by atoms with Gasteiger partial charge in [-0.2, -0.15) is 0 Å². The fraction of sp³-hybridized carbons (Fsp3) is 0.208. The highest BCUT2D eigenvalue weighted by Crippen LogP contribution is 2.63. The van der Waals surface area contributed by atoms with Gasteiger partial charge in [0.1, 0.15) is 5.82 Å². The third kappa shape index (κ3) is 1.65. The van der Waals surface area contributed by atoms with Crippen molar-refractivity contribution in [2.45, 2.75) is 18.3 Å². The Morgan fingerprint density at radius 2 is 1.43 bits per heavy atom. The van der Waals surface area contributed by atoms with E-state index in [2.05, 4.69) is 36.2 Å². The second kappa shape index (κ2) is 5.16. The third-order valence-corrected chi connectivity index (χ3v) is 6.92. The van der Waals surface area contributed by atoms with Crippen molar-refractivity contribution in [3.63, 3.8) is 0 Å². The number of aromatic nitrogens is 1. The van der Waals surface area contributed by atoms with Gasteiger partial charge < -0.3 is 0 Å². The molecule has 1 fully saturated rings. The van der Waals surface area contributed by atoms with E-state index in [0.29, 0.717) is 5.82 Å². The average molecular weight is 366 g/mol. The molecule has 0 N–H and O–H groups in total. The number of nitrogens with zero attached hydrogens (tertiary/aromatic N) is 2. The second-order valence-electron chi connectivity index (χ2n) is 8.06. The van der Waals surface area contributed by atoms with Gasteiger partial charge in [-0.15, -0.1) is 0 Å². The summed E-state index contributed by atoms with van der Waals surface area (Å²) < 4.78 is 0. The van der Waals surface area contributed by atoms with Gasteiger partial charge in [0.05, 0.1) is 11.8 Å². The number of anilines is 1. The summed E-state index contributed by atoms with van der Waals surface area (Å²) in [4.78, 5) is 32.8. The van der Waals surface area contributed by atoms with E-state index in [1.54, 1.807) is 18.3 Å². The Bertz CT molecular complexity index is 1110. The van der Waals surface area contributed by atoms with Crippen molar-refractivity contribution in [2.75, 3.05) is 4.90 Å². The first-order valence-corrected chi connectivity index (χ1v) is 9.61. The number of amides is 2. The Morgan fingerprint density at radius 1 is 0.821 bits per heavy atom. The van der Waals surface area contributed by atoms with E-state index in [-0.39, 0.29) is 23.7 Å². The molecule has 3 aliphatic carbocycles. The predicted molar refractivity (Wildman–Crippen MR) is 105 cm³/mol. The van der Waals surface area contributed by atoms with Crippen LogP contribution in [0.4, 0.5) is 5.82 Å². The van der Waals surface area contributed by atoms with Crippen LogP contribution in [0.3, 0.4) is 0 Å². The van der Waals surface area contributed by atoms with Crippen LogP contribution in [-0.2, 0) is 15.0 Å². The third-order valence-electron chi connectivity index (χ3n) is 6.92. The van der Waals surface area contributed by atoms with Crippen molar-refractivity contribution in [3.8, 4) is 0 Å². The van der Waals surface area contributed by atoms with E-state index < -0.39 is 11.3 Å². The number of carbonyl (C=O) groups is 2. The molecule has 2 aromatic carbocycles. The maximum absolute atomic E-state index is 13.6. The largest absolute Gasteiger partial charge is 0.274 e. The summed E-state index contributed by atoms with van der Waals surface area (Å²) in [7, 11) is 0. The zero-order chi connectivity index (χ0) is 19.0. The van der Waals surface area contributed by atoms with E-state index in [0.717, 1.165) is 0 Å². The number of benzene rings is 2. The summed E-state index contributed by atoms with van der Waals surface area (Å²) in [6.45, 7) is 2.13. The number of hydrogen-bond acceptors (Lipinski definition) is 3. The van der Waals surface area contributed by atoms with E-state index in [4.69, 9.17) is 0 Å². The topological polar surface area (TPSA) is 50.3 Å². The van der Waals surface area contributed by atoms with Crippen LogP contribution >= 0.6 is 0 Å². The molecule has 4 nitrogen and oxygen atoms in total. The number of rotatable bonds is 1. The van der Waals surface area contributed by atoms with Gasteiger partial charge in [-0.1, -0.05) is 61.5 Å². The minimum atomic E-state index is -0.525. The molecule has 28 heavy (non-hydrogen) atoms. The standard InChI is InChI=1S/C24H18N2O2/c1-24-16-10-4-2-8-14(16)19(15-9-3-5-11-17(15)24)20-21(24)23(28)26(22(20)27)18-12-6-7-13-25-18/h2-13,19-21H,1H3. The van der Waals surface area contributed by atoms with Crippen molar-refractivity contribution >= 4 is 17.6 Å². The Balaban J connectivity index is 1.64. The zero-order valence-electron chi connectivity index (χ0n) is 15.4. The van der Waals surface area contributed by atoms with Crippen molar-refractivity contribution in [1.29, 1.82) is 0 Å². The highest BCUT2D eigenvalue weighted by Gasteiger charge is 2.66. The van der Waals surface area contributed by atoms with Gasteiger partial charge in [0.25, 0.3) is 0 Å². The van der Waals surface area contributed by atoms with Gasteiger partial charge in [0, 0.05) is 17.5 Å². The van der Waals surface area contributed by atoms with Crippen LogP contribution in [0.2, 0.25) is 0 Å². The van der Waals surface area contributed by atoms with Gasteiger partial charge in [0.15, 0.2) is 0 Å². The van der Waals surface area contributed by atoms with Crippen molar-refractivity contribution in [2.24, 2.45) is 11.8 Å². The average Bonchev–Trinajstić information content (AvgIpc) is 3.01. The van der Waals surface area contributed by atoms with Crippen LogP contribution in [0.5, 0.6) is 0 Å². The summed E-state index contributed by atoms with van der Waals surface area (Å²) in [5.41, 5.74) is 4.17. The molecule has 4 aliphatic rings. The van der Waals surface area contributed by atoms with Crippen LogP contribution in [0.1, 0.15) is 35.1 Å². The molecule has 7 rings (SSSR count). The lowest BCUT2D eigenvalue weighted by molar-refractivity contribution is -0.123. The Morgan fingerprint density at radius 3 is 2.04 bits per heavy atom. The first kappa shape index (κ1) is 15.8. The molecule has 4 heteroatoms. The van der Waals surface area contributed by atoms with Gasteiger partial charge in [-0.25, -0.2) is 9.88 Å². The maximum atomic E-state index is 13.6. The van der Waals surface area contributed by atoms with Crippen LogP contribution < -0.4 is 4.90 Å². The highest BCUT2D eigenvalue weighted by atomic mass is 16.2. The summed E-state index contributed by atoms with van der Waals surface area (Å²) in [6.07, 6.45) is 1.62. The lowest BCUT2D eigenvalue weighted by Crippen LogP contribution is -2.51. The molecule has 2 atom stereocenters. The molecule has 136 valence electrons. The van der Waals surface area contributed by atoms with Gasteiger partial charge in [0.2, 0.25) is 11.8 Å². The van der Waals surface area contributed by atoms with Gasteiger partial charge in [-0.05, 0) is 34.4 Å². The molecule has 0 spiro atoms. The number of carbonyl (C=O) groups excluding carboxylic acids is 2. The van der Waals surface area contributed by atoms with Gasteiger partial charge >= 0.3 is 0 Å². The first-order valence-electron chi connectivity index (χ1n) is 9.61. The number of hydrogen-bond donors (Lipinski definition) is 0. The monoisotopic (exact) mass is 366 g/mol. The molecular weight excluding hydrogens is 348 g/mol. The lowest BCUT2D eigenvalue weighted by Gasteiger charge is -2.52. The fourth-order valence-corrected chi connectivity index (χ4v) is 5.86. The van der Waals surface area contributed by atoms with Crippen molar-refractivity contribution in [3.05, 3.63) is 95.2 Å². The van der Waals surface area contributed by atoms with E-state index in [9.17, 15) is 9.59 Å². The van der Waals surface area contributed by atoms with Crippen LogP contribution in [0.25, 0.3) is 0 Å². The van der Waals surface area contributed by atoms with Gasteiger partial charge in [-0.3, -0.25) is 9.59 Å². The summed E-state index contributed by atoms with van der Waals surface area (Å²) in [6, 6.07) is 21.9. The minimum absolute atomic E-state index is 0.0932. The zero-order valence-corrected chi connectivity index (χ0v) is 15.4. The number of pyridine rings is 1. The van der Waals surface area contributed by atoms with E-state index >= 15 is 0 Å². The molecule has 1 saturated heterocycles. The fourth-order valence-electron chi connectivity index (χ4n) is 5.86. The SMILES string of the molecule is CC12c3ccccc3C(c3ccccc31)C1C(=O)N(c3ccccn3)C(=O)C12. The summed E-state index contributed by atoms with van der Waals surface area (Å²) in [5.74, 6) is -0.729. The Hall–Kier alpha value is -3.27. The second-order valence-corrected chi connectivity index (χ2v) is 8.06. The quantitative estimate of drug-likeness (QED) is 0.618. The summed E-state index contributed by atoms with van der Waals surface area (Å²) >= 11 is 0. The Kier molecular flexibility index (Phi) is 2.91. The molecule has 1 aromatic heterocycles. The minimum Gasteiger partial charge on any atom is -0.274 e. The summed E-state index contributed by atoms with van der Waals surface area (Å²) in [5, 5.41) is 0. The molecule has 2 amide bonds. The normalized spacial score (nSPS) is 29.5. The molecule has 2 bridgehead atoms. The smallest absolute Gasteiger partial charge is 0.240 e. The molecular formula is C24H18N2O2. The van der Waals surface area contributed by atoms with Crippen molar-refractivity contribution in [1.82, 2.24) is 4.98 Å². The van der Waals surface area contributed by atoms with Crippen LogP contribution in [0, 0.1) is 11.8 Å². The van der Waals surface area contributed by atoms with Crippen LogP contribution in [0.15, 0.2) is 72.9 Å². The number of imide groups is 1. The molecule has 2 heterocycles. The van der Waals surface area contributed by atoms with Crippen molar-refractivity contribution < 1.29 is 9.59 Å². The van der Waals surface area contributed by atoms with Crippen LogP contribution in [-0.4, -0.2) is 16.8 Å². The highest BCUT2D eigenvalue weighted by molar-refractivity contribution is 6.23. The predicted octanol–water partition coefficient (Wildman–Crippen LogP) is 3.65. The van der Waals surface area contributed by atoms with E-state index in [1.165, 1.54) is 27.2 Å². The first-order chi connectivity index (χ1) is 13.6.